The first-order chi connectivity index (χ1) is 11.9. The summed E-state index contributed by atoms with van der Waals surface area (Å²) < 4.78 is 10.6. The minimum absolute atomic E-state index is 0.0439. The second-order valence-electron chi connectivity index (χ2n) is 5.90. The molecule has 1 aromatic carbocycles. The average Bonchev–Trinajstić information content (AvgIpc) is 3.21. The topological polar surface area (TPSA) is 96.0 Å². The van der Waals surface area contributed by atoms with Crippen LogP contribution >= 0.6 is 23.2 Å². The van der Waals surface area contributed by atoms with Gasteiger partial charge in [0, 0.05) is 17.6 Å². The van der Waals surface area contributed by atoms with Crippen LogP contribution in [0.2, 0.25) is 10.0 Å². The summed E-state index contributed by atoms with van der Waals surface area (Å²) in [5.74, 6) is 0.415. The summed E-state index contributed by atoms with van der Waals surface area (Å²) >= 11 is 11.8. The number of β-amino-alcohol motifs (C(OH)–C–C–N with tert-alkyl or cyclic N) is 1. The molecule has 9 heteroatoms. The Bertz CT molecular complexity index is 782. The largest absolute Gasteiger partial charge is 0.484 e. The van der Waals surface area contributed by atoms with E-state index >= 15 is 0 Å². The van der Waals surface area contributed by atoms with Crippen LogP contribution in [0.4, 0.5) is 0 Å². The summed E-state index contributed by atoms with van der Waals surface area (Å²) in [5, 5.41) is 23.8. The molecule has 0 aliphatic carbocycles. The molecule has 1 fully saturated rings. The lowest BCUT2D eigenvalue weighted by Gasteiger charge is -2.20. The third-order valence-corrected chi connectivity index (χ3v) is 4.49. The molecule has 1 atom stereocenters. The summed E-state index contributed by atoms with van der Waals surface area (Å²) in [4.78, 5) is 13.8. The quantitative estimate of drug-likeness (QED) is 0.816. The molecule has 2 heterocycles. The standard InChI is InChI=1S/C16H16Cl2N2O5/c17-10-1-2-14(12(18)5-10)24-7-11-6-13(19-25-11)15(22)20-4-3-16(23,8-20)9-21/h1-2,5-6,21,23H,3-4,7-9H2. The molecule has 3 rings (SSSR count). The Morgan fingerprint density at radius 2 is 2.20 bits per heavy atom. The number of carbonyl (C=O) groups is 1. The van der Waals surface area contributed by atoms with Crippen LogP contribution in [-0.2, 0) is 6.61 Å². The van der Waals surface area contributed by atoms with E-state index in [1.54, 1.807) is 18.2 Å². The first-order valence-corrected chi connectivity index (χ1v) is 8.32. The van der Waals surface area contributed by atoms with Crippen molar-refractivity contribution in [2.45, 2.75) is 18.6 Å². The van der Waals surface area contributed by atoms with Crippen LogP contribution in [0, 0.1) is 0 Å². The van der Waals surface area contributed by atoms with Crippen molar-refractivity contribution in [1.82, 2.24) is 10.1 Å². The highest BCUT2D eigenvalue weighted by Gasteiger charge is 2.38. The van der Waals surface area contributed by atoms with Crippen LogP contribution in [-0.4, -0.2) is 51.5 Å². The maximum absolute atomic E-state index is 12.4. The van der Waals surface area contributed by atoms with Gasteiger partial charge in [0.2, 0.25) is 0 Å². The number of carbonyl (C=O) groups excluding carboxylic acids is 1. The normalized spacial score (nSPS) is 20.1. The van der Waals surface area contributed by atoms with Gasteiger partial charge < -0.3 is 24.4 Å². The SMILES string of the molecule is O=C(c1cc(COc2ccc(Cl)cc2Cl)on1)N1CCC(O)(CO)C1. The maximum Gasteiger partial charge on any atom is 0.276 e. The number of ether oxygens (including phenoxy) is 1. The summed E-state index contributed by atoms with van der Waals surface area (Å²) in [6.45, 7) is 0.0507. The highest BCUT2D eigenvalue weighted by Crippen LogP contribution is 2.28. The molecule has 2 N–H and O–H groups in total. The molecule has 1 saturated heterocycles. The Morgan fingerprint density at radius 1 is 1.40 bits per heavy atom. The number of hydrogen-bond donors (Lipinski definition) is 2. The number of nitrogens with zero attached hydrogens (tertiary/aromatic N) is 2. The molecule has 0 spiro atoms. The fourth-order valence-electron chi connectivity index (χ4n) is 2.54. The first kappa shape index (κ1) is 18.0. The summed E-state index contributed by atoms with van der Waals surface area (Å²) in [6.07, 6.45) is 0.318. The van der Waals surface area contributed by atoms with Crippen molar-refractivity contribution in [3.63, 3.8) is 0 Å². The summed E-state index contributed by atoms with van der Waals surface area (Å²) in [7, 11) is 0. The minimum Gasteiger partial charge on any atom is -0.484 e. The van der Waals surface area contributed by atoms with Crippen LogP contribution in [0.5, 0.6) is 5.75 Å². The fourth-order valence-corrected chi connectivity index (χ4v) is 3.01. The highest BCUT2D eigenvalue weighted by atomic mass is 35.5. The molecule has 1 aliphatic rings. The van der Waals surface area contributed by atoms with E-state index in [2.05, 4.69) is 5.16 Å². The Hall–Kier alpha value is -1.80. The zero-order valence-electron chi connectivity index (χ0n) is 13.1. The zero-order chi connectivity index (χ0) is 18.0. The van der Waals surface area contributed by atoms with Gasteiger partial charge in [0.05, 0.1) is 18.2 Å². The lowest BCUT2D eigenvalue weighted by atomic mass is 10.1. The molecule has 2 aromatic rings. The van der Waals surface area contributed by atoms with Crippen molar-refractivity contribution in [1.29, 1.82) is 0 Å². The number of halogens is 2. The van der Waals surface area contributed by atoms with E-state index in [4.69, 9.17) is 37.6 Å². The highest BCUT2D eigenvalue weighted by molar-refractivity contribution is 6.35. The monoisotopic (exact) mass is 386 g/mol. The van der Waals surface area contributed by atoms with Crippen molar-refractivity contribution in [2.75, 3.05) is 19.7 Å². The predicted molar refractivity (Wildman–Crippen MR) is 89.9 cm³/mol. The number of likely N-dealkylation sites (tertiary alicyclic amines) is 1. The maximum atomic E-state index is 12.4. The molecule has 134 valence electrons. The van der Waals surface area contributed by atoms with Gasteiger partial charge in [0.1, 0.15) is 18.0 Å². The van der Waals surface area contributed by atoms with E-state index in [0.717, 1.165) is 0 Å². The molecular weight excluding hydrogens is 371 g/mol. The predicted octanol–water partition coefficient (Wildman–Crippen LogP) is 2.13. The van der Waals surface area contributed by atoms with Crippen molar-refractivity contribution in [2.24, 2.45) is 0 Å². The molecule has 1 aromatic heterocycles. The van der Waals surface area contributed by atoms with E-state index < -0.39 is 12.2 Å². The van der Waals surface area contributed by atoms with E-state index in [-0.39, 0.29) is 24.8 Å². The van der Waals surface area contributed by atoms with Gasteiger partial charge in [-0.05, 0) is 24.6 Å². The zero-order valence-corrected chi connectivity index (χ0v) is 14.6. The van der Waals surface area contributed by atoms with Gasteiger partial charge in [0.25, 0.3) is 5.91 Å². The summed E-state index contributed by atoms with van der Waals surface area (Å²) in [5.41, 5.74) is -1.14. The van der Waals surface area contributed by atoms with Crippen molar-refractivity contribution >= 4 is 29.1 Å². The van der Waals surface area contributed by atoms with Gasteiger partial charge in [0.15, 0.2) is 11.5 Å². The summed E-state index contributed by atoms with van der Waals surface area (Å²) in [6, 6.07) is 6.31. The van der Waals surface area contributed by atoms with E-state index in [1.807, 2.05) is 0 Å². The fraction of sp³-hybridized carbons (Fsp3) is 0.375. The van der Waals surface area contributed by atoms with Gasteiger partial charge in [-0.25, -0.2) is 0 Å². The smallest absolute Gasteiger partial charge is 0.276 e. The Labute approximate surface area is 153 Å². The number of aliphatic hydroxyl groups excluding tert-OH is 1. The number of amides is 1. The number of aromatic nitrogens is 1. The van der Waals surface area contributed by atoms with Crippen molar-refractivity contribution < 1.29 is 24.3 Å². The third-order valence-electron chi connectivity index (χ3n) is 3.96. The van der Waals surface area contributed by atoms with Crippen molar-refractivity contribution in [3.8, 4) is 5.75 Å². The van der Waals surface area contributed by atoms with Gasteiger partial charge in [-0.1, -0.05) is 28.4 Å². The molecule has 1 aliphatic heterocycles. The van der Waals surface area contributed by atoms with Gasteiger partial charge in [-0.15, -0.1) is 0 Å². The Balaban J connectivity index is 1.61. The number of benzene rings is 1. The van der Waals surface area contributed by atoms with E-state index in [9.17, 15) is 9.90 Å². The van der Waals surface area contributed by atoms with Crippen LogP contribution < -0.4 is 4.74 Å². The molecule has 1 unspecified atom stereocenters. The molecule has 0 radical (unpaired) electrons. The molecule has 7 nitrogen and oxygen atoms in total. The van der Waals surface area contributed by atoms with Crippen LogP contribution in [0.3, 0.4) is 0 Å². The molecule has 0 saturated carbocycles. The minimum atomic E-state index is -1.25. The lowest BCUT2D eigenvalue weighted by Crippen LogP contribution is -2.38. The van der Waals surface area contributed by atoms with Crippen LogP contribution in [0.1, 0.15) is 22.7 Å². The number of hydrogen-bond acceptors (Lipinski definition) is 6. The van der Waals surface area contributed by atoms with Gasteiger partial charge in [-0.2, -0.15) is 0 Å². The van der Waals surface area contributed by atoms with Crippen molar-refractivity contribution in [3.05, 3.63) is 45.8 Å². The Kier molecular flexibility index (Phi) is 5.19. The molecule has 0 bridgehead atoms. The Morgan fingerprint density at radius 3 is 2.88 bits per heavy atom. The second kappa shape index (κ2) is 7.21. The van der Waals surface area contributed by atoms with Crippen LogP contribution in [0.25, 0.3) is 0 Å². The number of rotatable bonds is 5. The van der Waals surface area contributed by atoms with E-state index in [0.29, 0.717) is 34.5 Å². The third kappa shape index (κ3) is 4.07. The first-order valence-electron chi connectivity index (χ1n) is 7.56. The van der Waals surface area contributed by atoms with Crippen LogP contribution in [0.15, 0.2) is 28.8 Å². The van der Waals surface area contributed by atoms with Gasteiger partial charge >= 0.3 is 0 Å². The van der Waals surface area contributed by atoms with E-state index in [1.165, 1.54) is 11.0 Å². The molecule has 25 heavy (non-hydrogen) atoms. The number of aliphatic hydroxyl groups is 2. The lowest BCUT2D eigenvalue weighted by molar-refractivity contribution is -0.00463. The van der Waals surface area contributed by atoms with Gasteiger partial charge in [-0.3, -0.25) is 4.79 Å². The average molecular weight is 387 g/mol. The second-order valence-corrected chi connectivity index (χ2v) is 6.74. The molecular formula is C16H16Cl2N2O5. The molecule has 1 amide bonds.